The van der Waals surface area contributed by atoms with Crippen molar-refractivity contribution in [2.45, 2.75) is 38.3 Å². The van der Waals surface area contributed by atoms with Gasteiger partial charge in [-0.25, -0.2) is 4.98 Å². The van der Waals surface area contributed by atoms with E-state index in [1.807, 2.05) is 0 Å². The molecular weight excluding hydrogens is 350 g/mol. The molecule has 1 fully saturated rings. The largest absolute Gasteiger partial charge is 0.460 e. The number of aryl methyl sites for hydroxylation is 1. The summed E-state index contributed by atoms with van der Waals surface area (Å²) in [6, 6.07) is -0.673. The summed E-state index contributed by atoms with van der Waals surface area (Å²) in [6.07, 6.45) is 5.89. The second-order valence-electron chi connectivity index (χ2n) is 5.83. The van der Waals surface area contributed by atoms with Gasteiger partial charge in [0.25, 0.3) is 10.1 Å². The highest BCUT2D eigenvalue weighted by Gasteiger charge is 2.40. The minimum absolute atomic E-state index is 0.0809. The first kappa shape index (κ1) is 19.6. The number of ether oxygens (including phenoxy) is 1. The summed E-state index contributed by atoms with van der Waals surface area (Å²) in [5.41, 5.74) is 0. The zero-order valence-electron chi connectivity index (χ0n) is 14.0. The molecule has 1 aromatic rings. The summed E-state index contributed by atoms with van der Waals surface area (Å²) >= 11 is 0. The van der Waals surface area contributed by atoms with Crippen LogP contribution in [0.3, 0.4) is 0 Å². The summed E-state index contributed by atoms with van der Waals surface area (Å²) < 4.78 is 34.5. The first-order valence-electron chi connectivity index (χ1n) is 7.86. The van der Waals surface area contributed by atoms with Gasteiger partial charge >= 0.3 is 5.97 Å². The number of aromatic nitrogens is 2. The van der Waals surface area contributed by atoms with E-state index in [2.05, 4.69) is 16.9 Å². The van der Waals surface area contributed by atoms with Crippen molar-refractivity contribution in [2.24, 2.45) is 5.92 Å². The van der Waals surface area contributed by atoms with Crippen molar-refractivity contribution in [3.63, 3.8) is 0 Å². The van der Waals surface area contributed by atoms with E-state index < -0.39 is 28.4 Å². The third-order valence-electron chi connectivity index (χ3n) is 3.93. The molecule has 0 amide bonds. The topological polar surface area (TPSA) is 120 Å². The maximum atomic E-state index is 12.2. The average Bonchev–Trinajstić information content (AvgIpc) is 3.15. The lowest BCUT2D eigenvalue weighted by molar-refractivity contribution is -0.145. The molecule has 0 radical (unpaired) electrons. The van der Waals surface area contributed by atoms with Crippen LogP contribution in [-0.4, -0.2) is 54.2 Å². The maximum Gasteiger partial charge on any atom is 0.323 e. The highest BCUT2D eigenvalue weighted by atomic mass is 32.2. The monoisotopic (exact) mass is 373 g/mol. The first-order valence-corrected chi connectivity index (χ1v) is 9.68. The van der Waals surface area contributed by atoms with E-state index in [9.17, 15) is 18.3 Å². The highest BCUT2D eigenvalue weighted by Crippen LogP contribution is 2.27. The molecule has 2 N–H and O–H groups in total. The van der Waals surface area contributed by atoms with E-state index in [-0.39, 0.29) is 19.1 Å². The number of nitrogens with one attached hydrogen (secondary N) is 1. The Labute approximate surface area is 146 Å². The van der Waals surface area contributed by atoms with Crippen molar-refractivity contribution in [1.82, 2.24) is 14.9 Å². The Morgan fingerprint density at radius 2 is 2.36 bits per heavy atom. The van der Waals surface area contributed by atoms with Gasteiger partial charge in [0.15, 0.2) is 0 Å². The van der Waals surface area contributed by atoms with Crippen LogP contribution in [0.2, 0.25) is 0 Å². The predicted octanol–water partition coefficient (Wildman–Crippen LogP) is -0.225. The Kier molecular flexibility index (Phi) is 6.71. The fourth-order valence-electron chi connectivity index (χ4n) is 2.87. The van der Waals surface area contributed by atoms with Crippen LogP contribution in [0.25, 0.3) is 0 Å². The minimum Gasteiger partial charge on any atom is -0.460 e. The molecule has 3 atom stereocenters. The van der Waals surface area contributed by atoms with Gasteiger partial charge in [0.2, 0.25) is 0 Å². The van der Waals surface area contributed by atoms with E-state index in [4.69, 9.17) is 8.92 Å². The molecule has 0 saturated carbocycles. The van der Waals surface area contributed by atoms with Crippen LogP contribution >= 0.6 is 0 Å². The van der Waals surface area contributed by atoms with Crippen molar-refractivity contribution < 1.29 is 27.2 Å². The van der Waals surface area contributed by atoms with E-state index in [1.165, 1.54) is 6.08 Å². The number of aliphatic hydroxyl groups excluding tert-OH is 1. The van der Waals surface area contributed by atoms with Crippen molar-refractivity contribution in [3.8, 4) is 0 Å². The van der Waals surface area contributed by atoms with Crippen LogP contribution < -0.4 is 5.32 Å². The summed E-state index contributed by atoms with van der Waals surface area (Å²) in [6.45, 7) is 3.92. The first-order chi connectivity index (χ1) is 11.8. The summed E-state index contributed by atoms with van der Waals surface area (Å²) in [5, 5.41) is 12.1. The van der Waals surface area contributed by atoms with E-state index in [0.29, 0.717) is 25.2 Å². The molecule has 0 aromatic carbocycles. The van der Waals surface area contributed by atoms with Gasteiger partial charge in [0.05, 0.1) is 6.26 Å². The molecule has 140 valence electrons. The maximum absolute atomic E-state index is 12.2. The van der Waals surface area contributed by atoms with Crippen LogP contribution in [-0.2, 0) is 37.0 Å². The number of hydrogen-bond acceptors (Lipinski definition) is 8. The van der Waals surface area contributed by atoms with Gasteiger partial charge in [0.1, 0.15) is 31.3 Å². The van der Waals surface area contributed by atoms with Gasteiger partial charge in [-0.05, 0) is 18.8 Å². The number of esters is 1. The average molecular weight is 373 g/mol. The van der Waals surface area contributed by atoms with Gasteiger partial charge in [0, 0.05) is 18.9 Å². The van der Waals surface area contributed by atoms with E-state index in [1.54, 1.807) is 17.0 Å². The third kappa shape index (κ3) is 5.63. The molecule has 2 rings (SSSR count). The number of carbonyl (C=O) groups excluding carboxylic acids is 1. The minimum atomic E-state index is -3.64. The van der Waals surface area contributed by atoms with Gasteiger partial charge in [-0.15, -0.1) is 0 Å². The second-order valence-corrected chi connectivity index (χ2v) is 7.43. The summed E-state index contributed by atoms with van der Waals surface area (Å²) in [4.78, 5) is 16.2. The van der Waals surface area contributed by atoms with Gasteiger partial charge in [-0.1, -0.05) is 12.7 Å². The molecule has 1 saturated heterocycles. The Balaban J connectivity index is 2.04. The fraction of sp³-hybridized carbons (Fsp3) is 0.600. The van der Waals surface area contributed by atoms with Crippen LogP contribution in [0.4, 0.5) is 0 Å². The van der Waals surface area contributed by atoms with Gasteiger partial charge in [-0.3, -0.25) is 14.3 Å². The molecule has 1 aliphatic heterocycles. The number of imidazole rings is 1. The predicted molar refractivity (Wildman–Crippen MR) is 88.7 cm³/mol. The molecular formula is C15H23N3O6S. The van der Waals surface area contributed by atoms with Crippen LogP contribution in [0.5, 0.6) is 0 Å². The third-order valence-corrected chi connectivity index (χ3v) is 4.51. The lowest BCUT2D eigenvalue weighted by atomic mass is 9.96. The lowest BCUT2D eigenvalue weighted by Crippen LogP contribution is -2.41. The zero-order valence-corrected chi connectivity index (χ0v) is 14.8. The smallest absolute Gasteiger partial charge is 0.323 e. The van der Waals surface area contributed by atoms with Gasteiger partial charge < -0.3 is 14.4 Å². The van der Waals surface area contributed by atoms with E-state index >= 15 is 0 Å². The molecule has 2 heterocycles. The molecule has 3 unspecified atom stereocenters. The van der Waals surface area contributed by atoms with E-state index in [0.717, 1.165) is 6.26 Å². The molecule has 0 bridgehead atoms. The molecule has 10 heteroatoms. The van der Waals surface area contributed by atoms with Crippen LogP contribution in [0, 0.1) is 5.92 Å². The highest BCUT2D eigenvalue weighted by molar-refractivity contribution is 7.86. The molecule has 1 aliphatic rings. The SMILES string of the molecule is C=CCOC(=O)C1NC(OS(C)(=O)=O)CC1CCn1ccnc1CO. The Hall–Kier alpha value is -1.75. The Morgan fingerprint density at radius 3 is 3.00 bits per heavy atom. The zero-order chi connectivity index (χ0) is 18.4. The molecule has 0 spiro atoms. The number of nitrogens with zero attached hydrogens (tertiary/aromatic N) is 2. The van der Waals surface area contributed by atoms with Crippen LogP contribution in [0.15, 0.2) is 25.0 Å². The van der Waals surface area contributed by atoms with Crippen molar-refractivity contribution in [3.05, 3.63) is 30.9 Å². The fourth-order valence-corrected chi connectivity index (χ4v) is 3.43. The Morgan fingerprint density at radius 1 is 1.60 bits per heavy atom. The molecule has 0 aliphatic carbocycles. The normalized spacial score (nSPS) is 23.5. The number of carbonyl (C=O) groups is 1. The number of rotatable bonds is 9. The second kappa shape index (κ2) is 8.56. The lowest BCUT2D eigenvalue weighted by Gasteiger charge is -2.18. The molecule has 9 nitrogen and oxygen atoms in total. The molecule has 1 aromatic heterocycles. The molecule has 25 heavy (non-hydrogen) atoms. The number of aliphatic hydroxyl groups is 1. The van der Waals surface area contributed by atoms with Crippen molar-refractivity contribution >= 4 is 16.1 Å². The van der Waals surface area contributed by atoms with Gasteiger partial charge in [-0.2, -0.15) is 8.42 Å². The Bertz CT molecular complexity index is 702. The van der Waals surface area contributed by atoms with Crippen LogP contribution in [0.1, 0.15) is 18.7 Å². The summed E-state index contributed by atoms with van der Waals surface area (Å²) in [7, 11) is -3.64. The summed E-state index contributed by atoms with van der Waals surface area (Å²) in [5.74, 6) is -0.129. The standard InChI is InChI=1S/C15H23N3O6S/c1-3-8-23-15(20)14-11(9-13(17-14)24-25(2,21)22)4-6-18-7-5-16-12(18)10-19/h3,5,7,11,13-14,17,19H,1,4,6,8-10H2,2H3. The number of hydrogen-bond donors (Lipinski definition) is 2. The van der Waals surface area contributed by atoms with Crippen molar-refractivity contribution in [2.75, 3.05) is 12.9 Å². The van der Waals surface area contributed by atoms with Crippen molar-refractivity contribution in [1.29, 1.82) is 0 Å². The quantitative estimate of drug-likeness (QED) is 0.346.